The Morgan fingerprint density at radius 2 is 2.05 bits per heavy atom. The van der Waals surface area contributed by atoms with Crippen molar-refractivity contribution in [2.24, 2.45) is 0 Å². The summed E-state index contributed by atoms with van der Waals surface area (Å²) in [6.07, 6.45) is 2.47. The molecule has 5 nitrogen and oxygen atoms in total. The average molecular weight is 437 g/mol. The van der Waals surface area contributed by atoms with Crippen LogP contribution in [0.4, 0.5) is 10.5 Å². The smallest absolute Gasteiger partial charge is 0.415 e. The van der Waals surface area contributed by atoms with Gasteiger partial charge in [0.25, 0.3) is 0 Å². The van der Waals surface area contributed by atoms with Gasteiger partial charge in [-0.05, 0) is 50.3 Å². The molecule has 0 atom stereocenters. The van der Waals surface area contributed by atoms with Crippen LogP contribution in [0.2, 0.25) is 0 Å². The number of hydrogen-bond acceptors (Lipinski definition) is 5. The summed E-state index contributed by atoms with van der Waals surface area (Å²) in [4.78, 5) is 25.2. The molecular weight excluding hydrogens is 417 g/mol. The van der Waals surface area contributed by atoms with E-state index in [1.54, 1.807) is 13.0 Å². The average Bonchev–Trinajstić information content (AvgIpc) is 2.79. The molecule has 0 unspecified atom stereocenters. The minimum Gasteiger partial charge on any atom is -0.463 e. The van der Waals surface area contributed by atoms with Crippen molar-refractivity contribution in [3.05, 3.63) is 26.5 Å². The van der Waals surface area contributed by atoms with Crippen molar-refractivity contribution >= 4 is 51.7 Å². The Bertz CT molecular complexity index is 548. The topological polar surface area (TPSA) is 55.8 Å². The fourth-order valence-corrected chi connectivity index (χ4v) is 3.29. The first-order valence-electron chi connectivity index (χ1n) is 6.80. The maximum absolute atomic E-state index is 12.4. The number of amides is 1. The van der Waals surface area contributed by atoms with Crippen molar-refractivity contribution in [2.45, 2.75) is 33.3 Å². The maximum atomic E-state index is 12.4. The molecule has 1 aromatic rings. The van der Waals surface area contributed by atoms with Gasteiger partial charge in [0.05, 0.1) is 12.3 Å². The molecule has 0 saturated heterocycles. The summed E-state index contributed by atoms with van der Waals surface area (Å²) in [5, 5.41) is 3.83. The van der Waals surface area contributed by atoms with Gasteiger partial charge in [0.15, 0.2) is 0 Å². The van der Waals surface area contributed by atoms with Gasteiger partial charge in [0.1, 0.15) is 5.60 Å². The minimum atomic E-state index is -0.582. The van der Waals surface area contributed by atoms with Gasteiger partial charge in [0, 0.05) is 27.0 Å². The first kappa shape index (κ1) is 19.0. The quantitative estimate of drug-likeness (QED) is 0.394. The van der Waals surface area contributed by atoms with Crippen LogP contribution in [0.3, 0.4) is 0 Å². The monoisotopic (exact) mass is 437 g/mol. The van der Waals surface area contributed by atoms with Crippen molar-refractivity contribution < 1.29 is 19.1 Å². The van der Waals surface area contributed by atoms with E-state index in [2.05, 4.69) is 22.6 Å². The Balaban J connectivity index is 2.86. The second kappa shape index (κ2) is 8.52. The second-order valence-corrected chi connectivity index (χ2v) is 7.26. The van der Waals surface area contributed by atoms with E-state index in [4.69, 9.17) is 9.47 Å². The number of ether oxygens (including phenoxy) is 2. The van der Waals surface area contributed by atoms with Gasteiger partial charge in [-0.2, -0.15) is 0 Å². The molecule has 22 heavy (non-hydrogen) atoms. The minimum absolute atomic E-state index is 0.237. The van der Waals surface area contributed by atoms with Gasteiger partial charge in [-0.1, -0.05) is 6.08 Å². The molecule has 0 aliphatic carbocycles. The number of carbonyl (C=O) groups is 2. The summed E-state index contributed by atoms with van der Waals surface area (Å²) in [5.74, 6) is -0.424. The molecule has 0 radical (unpaired) electrons. The van der Waals surface area contributed by atoms with E-state index in [-0.39, 0.29) is 6.54 Å². The Morgan fingerprint density at radius 1 is 1.36 bits per heavy atom. The van der Waals surface area contributed by atoms with E-state index >= 15 is 0 Å². The van der Waals surface area contributed by atoms with E-state index < -0.39 is 17.7 Å². The van der Waals surface area contributed by atoms with Crippen LogP contribution in [0.1, 0.15) is 27.7 Å². The summed E-state index contributed by atoms with van der Waals surface area (Å²) in [5.41, 5.74) is 0.190. The van der Waals surface area contributed by atoms with Crippen molar-refractivity contribution in [1.29, 1.82) is 0 Å². The summed E-state index contributed by atoms with van der Waals surface area (Å²) >= 11 is 3.67. The second-order valence-electron chi connectivity index (χ2n) is 5.35. The molecule has 0 fully saturated rings. The maximum Gasteiger partial charge on any atom is 0.415 e. The van der Waals surface area contributed by atoms with E-state index in [0.717, 1.165) is 9.26 Å². The fraction of sp³-hybridized carbons (Fsp3) is 0.467. The third kappa shape index (κ3) is 6.35. The lowest BCUT2D eigenvalue weighted by atomic mass is 10.2. The van der Waals surface area contributed by atoms with E-state index in [0.29, 0.717) is 6.61 Å². The van der Waals surface area contributed by atoms with Gasteiger partial charge in [0.2, 0.25) is 0 Å². The summed E-state index contributed by atoms with van der Waals surface area (Å²) in [7, 11) is 0. The lowest BCUT2D eigenvalue weighted by molar-refractivity contribution is -0.137. The van der Waals surface area contributed by atoms with Gasteiger partial charge in [-0.25, -0.2) is 9.59 Å². The number of esters is 1. The van der Waals surface area contributed by atoms with Crippen LogP contribution < -0.4 is 4.90 Å². The zero-order valence-corrected chi connectivity index (χ0v) is 16.1. The summed E-state index contributed by atoms with van der Waals surface area (Å²) < 4.78 is 11.2. The molecule has 7 heteroatoms. The van der Waals surface area contributed by atoms with Crippen molar-refractivity contribution in [3.63, 3.8) is 0 Å². The van der Waals surface area contributed by atoms with Crippen LogP contribution in [0.15, 0.2) is 22.9 Å². The molecule has 1 heterocycles. The lowest BCUT2D eigenvalue weighted by Gasteiger charge is -2.26. The zero-order valence-electron chi connectivity index (χ0n) is 13.1. The third-order valence-electron chi connectivity index (χ3n) is 2.33. The van der Waals surface area contributed by atoms with E-state index in [1.807, 2.05) is 31.5 Å². The molecular formula is C15H20INO4S. The van der Waals surface area contributed by atoms with Crippen molar-refractivity contribution in [3.8, 4) is 0 Å². The molecule has 0 spiro atoms. The molecule has 122 valence electrons. The number of nitrogens with zero attached hydrogens (tertiary/aromatic N) is 1. The Kier molecular flexibility index (Phi) is 7.34. The predicted octanol–water partition coefficient (Wildman–Crippen LogP) is 4.21. The number of rotatable bonds is 5. The fourth-order valence-electron chi connectivity index (χ4n) is 1.50. The van der Waals surface area contributed by atoms with Crippen LogP contribution in [0.5, 0.6) is 0 Å². The Morgan fingerprint density at radius 3 is 2.55 bits per heavy atom. The van der Waals surface area contributed by atoms with Crippen molar-refractivity contribution in [1.82, 2.24) is 0 Å². The molecule has 0 bridgehead atoms. The van der Waals surface area contributed by atoms with Crippen molar-refractivity contribution in [2.75, 3.05) is 18.1 Å². The number of carbonyl (C=O) groups excluding carboxylic acids is 2. The lowest BCUT2D eigenvalue weighted by Crippen LogP contribution is -2.37. The number of hydrogen-bond donors (Lipinski definition) is 0. The summed E-state index contributed by atoms with van der Waals surface area (Å²) in [6.45, 7) is 7.75. The largest absolute Gasteiger partial charge is 0.463 e. The van der Waals surface area contributed by atoms with Gasteiger partial charge < -0.3 is 9.47 Å². The number of halogens is 1. The van der Waals surface area contributed by atoms with Crippen LogP contribution >= 0.6 is 33.9 Å². The highest BCUT2D eigenvalue weighted by Gasteiger charge is 2.24. The molecule has 1 amide bonds. The molecule has 0 saturated carbocycles. The molecule has 1 aromatic heterocycles. The normalized spacial score (nSPS) is 11.5. The highest BCUT2D eigenvalue weighted by Crippen LogP contribution is 2.28. The predicted molar refractivity (Wildman–Crippen MR) is 96.4 cm³/mol. The van der Waals surface area contributed by atoms with Crippen LogP contribution in [-0.2, 0) is 14.3 Å². The van der Waals surface area contributed by atoms with Gasteiger partial charge in [-0.3, -0.25) is 4.90 Å². The van der Waals surface area contributed by atoms with E-state index in [1.165, 1.54) is 22.3 Å². The molecule has 0 N–H and O–H groups in total. The standard InChI is InChI=1S/C15H20INO4S/c1-5-20-13(18)7-6-8-17(12-10-22-9-11(12)16)14(19)21-15(2,3)4/h6-7,9-10H,5,8H2,1-4H3/b7-6+. The zero-order chi connectivity index (χ0) is 16.8. The first-order valence-corrected chi connectivity index (χ1v) is 8.82. The molecule has 0 aromatic carbocycles. The van der Waals surface area contributed by atoms with Crippen LogP contribution in [-0.4, -0.2) is 30.8 Å². The van der Waals surface area contributed by atoms with Crippen LogP contribution in [0, 0.1) is 3.57 Å². The van der Waals surface area contributed by atoms with Crippen LogP contribution in [0.25, 0.3) is 0 Å². The molecule has 0 aliphatic rings. The number of thiophene rings is 1. The molecule has 1 rings (SSSR count). The molecule has 0 aliphatic heterocycles. The van der Waals surface area contributed by atoms with Gasteiger partial charge >= 0.3 is 12.1 Å². The Labute approximate surface area is 148 Å². The van der Waals surface area contributed by atoms with Gasteiger partial charge in [-0.15, -0.1) is 11.3 Å². The highest BCUT2D eigenvalue weighted by molar-refractivity contribution is 14.1. The first-order chi connectivity index (χ1) is 10.2. The SMILES string of the molecule is CCOC(=O)/C=C/CN(C(=O)OC(C)(C)C)c1cscc1I. The third-order valence-corrected chi connectivity index (χ3v) is 4.35. The number of anilines is 1. The highest BCUT2D eigenvalue weighted by atomic mass is 127. The Hall–Kier alpha value is -1.09. The summed E-state index contributed by atoms with van der Waals surface area (Å²) in [6, 6.07) is 0. The van der Waals surface area contributed by atoms with E-state index in [9.17, 15) is 9.59 Å².